The smallest absolute Gasteiger partial charge is 0.147 e. The van der Waals surface area contributed by atoms with Gasteiger partial charge in [-0.25, -0.2) is 0 Å². The highest BCUT2D eigenvalue weighted by Gasteiger charge is 2.03. The first-order valence-corrected chi connectivity index (χ1v) is 4.06. The molecule has 0 aromatic rings. The maximum absolute atomic E-state index is 6.94. The zero-order chi connectivity index (χ0) is 9.40. The molecular weight excluding hydrogens is 150 g/mol. The Morgan fingerprint density at radius 2 is 2.25 bits per heavy atom. The second kappa shape index (κ2) is 6.40. The molecule has 2 nitrogen and oxygen atoms in total. The molecule has 0 saturated carbocycles. The molecule has 0 aromatic heterocycles. The molecule has 0 radical (unpaired) electrons. The minimum absolute atomic E-state index is 0.595. The van der Waals surface area contributed by atoms with Crippen molar-refractivity contribution in [1.29, 1.82) is 5.41 Å². The van der Waals surface area contributed by atoms with E-state index in [-0.39, 0.29) is 0 Å². The molecule has 0 atom stereocenters. The standard InChI is InChI=1S/C8H9NO.C2H6/c1-2-7-4-3-5-10-8(7)6-9;1-2/h2-3,5-6,9H,1,4H2;1-2H3. The van der Waals surface area contributed by atoms with Crippen molar-refractivity contribution in [3.05, 3.63) is 36.3 Å². The molecule has 1 rings (SSSR count). The second-order valence-corrected chi connectivity index (χ2v) is 1.93. The summed E-state index contributed by atoms with van der Waals surface area (Å²) in [6.45, 7) is 7.61. The lowest BCUT2D eigenvalue weighted by Gasteiger charge is -2.09. The van der Waals surface area contributed by atoms with Crippen molar-refractivity contribution in [3.63, 3.8) is 0 Å². The summed E-state index contributed by atoms with van der Waals surface area (Å²) in [5, 5.41) is 6.94. The van der Waals surface area contributed by atoms with E-state index in [2.05, 4.69) is 6.58 Å². The molecule has 2 heteroatoms. The van der Waals surface area contributed by atoms with E-state index in [1.165, 1.54) is 6.21 Å². The molecular formula is C10H15NO. The minimum atomic E-state index is 0.595. The van der Waals surface area contributed by atoms with E-state index in [1.807, 2.05) is 19.9 Å². The maximum Gasteiger partial charge on any atom is 0.147 e. The minimum Gasteiger partial charge on any atom is -0.463 e. The summed E-state index contributed by atoms with van der Waals surface area (Å²) in [7, 11) is 0. The van der Waals surface area contributed by atoms with Crippen LogP contribution in [-0.4, -0.2) is 6.21 Å². The van der Waals surface area contributed by atoms with Gasteiger partial charge in [0.05, 0.1) is 12.5 Å². The molecule has 1 aliphatic rings. The highest BCUT2D eigenvalue weighted by Crippen LogP contribution is 2.15. The van der Waals surface area contributed by atoms with Crippen molar-refractivity contribution in [2.45, 2.75) is 20.3 Å². The summed E-state index contributed by atoms with van der Waals surface area (Å²) in [5.74, 6) is 0.595. The molecule has 1 heterocycles. The molecule has 12 heavy (non-hydrogen) atoms. The third-order valence-electron chi connectivity index (χ3n) is 1.32. The predicted octanol–water partition coefficient (Wildman–Crippen LogP) is 3.04. The van der Waals surface area contributed by atoms with E-state index in [0.717, 1.165) is 12.0 Å². The quantitative estimate of drug-likeness (QED) is 0.627. The van der Waals surface area contributed by atoms with Gasteiger partial charge in [0.1, 0.15) is 5.76 Å². The molecule has 0 spiro atoms. The summed E-state index contributed by atoms with van der Waals surface area (Å²) < 4.78 is 5.02. The zero-order valence-electron chi connectivity index (χ0n) is 7.63. The molecule has 1 aliphatic heterocycles. The third kappa shape index (κ3) is 2.74. The van der Waals surface area contributed by atoms with Gasteiger partial charge in [-0.2, -0.15) is 0 Å². The first-order chi connectivity index (χ1) is 5.88. The lowest BCUT2D eigenvalue weighted by atomic mass is 10.1. The van der Waals surface area contributed by atoms with Gasteiger partial charge in [0.2, 0.25) is 0 Å². The largest absolute Gasteiger partial charge is 0.463 e. The van der Waals surface area contributed by atoms with Crippen LogP contribution in [0.5, 0.6) is 0 Å². The molecule has 0 aromatic carbocycles. The maximum atomic E-state index is 6.94. The van der Waals surface area contributed by atoms with E-state index in [0.29, 0.717) is 5.76 Å². The van der Waals surface area contributed by atoms with Crippen LogP contribution < -0.4 is 0 Å². The van der Waals surface area contributed by atoms with Crippen LogP contribution in [0.3, 0.4) is 0 Å². The summed E-state index contributed by atoms with van der Waals surface area (Å²) in [5.41, 5.74) is 0.970. The van der Waals surface area contributed by atoms with Gasteiger partial charge in [-0.05, 0) is 18.1 Å². The molecule has 66 valence electrons. The fraction of sp³-hybridized carbons (Fsp3) is 0.300. The lowest BCUT2D eigenvalue weighted by Crippen LogP contribution is -1.96. The molecule has 1 N–H and O–H groups in total. The Morgan fingerprint density at radius 3 is 2.67 bits per heavy atom. The monoisotopic (exact) mass is 165 g/mol. The SMILES string of the molecule is C=CC1=C(C=N)OC=CC1.CC. The average molecular weight is 165 g/mol. The van der Waals surface area contributed by atoms with Crippen LogP contribution in [0.2, 0.25) is 0 Å². The Kier molecular flexibility index (Phi) is 5.70. The van der Waals surface area contributed by atoms with Gasteiger partial charge in [-0.1, -0.05) is 26.5 Å². The number of rotatable bonds is 2. The lowest BCUT2D eigenvalue weighted by molar-refractivity contribution is 0.366. The van der Waals surface area contributed by atoms with Crippen LogP contribution in [-0.2, 0) is 4.74 Å². The predicted molar refractivity (Wildman–Crippen MR) is 52.2 cm³/mol. The number of hydrogen-bond acceptors (Lipinski definition) is 2. The Bertz CT molecular complexity index is 192. The molecule has 0 aliphatic carbocycles. The molecule has 0 saturated heterocycles. The van der Waals surface area contributed by atoms with E-state index >= 15 is 0 Å². The van der Waals surface area contributed by atoms with Crippen molar-refractivity contribution >= 4 is 6.21 Å². The second-order valence-electron chi connectivity index (χ2n) is 1.93. The Morgan fingerprint density at radius 1 is 1.58 bits per heavy atom. The van der Waals surface area contributed by atoms with Gasteiger partial charge in [0, 0.05) is 0 Å². The summed E-state index contributed by atoms with van der Waals surface area (Å²) in [6.07, 6.45) is 7.20. The Balaban J connectivity index is 0.000000561. The van der Waals surface area contributed by atoms with Crippen LogP contribution >= 0.6 is 0 Å². The highest BCUT2D eigenvalue weighted by molar-refractivity contribution is 5.75. The highest BCUT2D eigenvalue weighted by atomic mass is 16.5. The van der Waals surface area contributed by atoms with Crippen molar-refractivity contribution < 1.29 is 4.74 Å². The first kappa shape index (κ1) is 10.7. The normalized spacial score (nSPS) is 14.2. The Hall–Kier alpha value is -1.31. The van der Waals surface area contributed by atoms with Gasteiger partial charge >= 0.3 is 0 Å². The van der Waals surface area contributed by atoms with Gasteiger partial charge in [-0.3, -0.25) is 0 Å². The van der Waals surface area contributed by atoms with Gasteiger partial charge in [0.15, 0.2) is 0 Å². The molecule has 0 fully saturated rings. The fourth-order valence-corrected chi connectivity index (χ4v) is 0.783. The van der Waals surface area contributed by atoms with Crippen molar-refractivity contribution in [2.24, 2.45) is 0 Å². The first-order valence-electron chi connectivity index (χ1n) is 4.06. The van der Waals surface area contributed by atoms with Crippen LogP contribution in [0.25, 0.3) is 0 Å². The van der Waals surface area contributed by atoms with Crippen LogP contribution in [0.1, 0.15) is 20.3 Å². The van der Waals surface area contributed by atoms with E-state index in [9.17, 15) is 0 Å². The number of nitrogens with one attached hydrogen (secondary N) is 1. The topological polar surface area (TPSA) is 33.1 Å². The summed E-state index contributed by atoms with van der Waals surface area (Å²) in [6, 6.07) is 0. The molecule has 0 unspecified atom stereocenters. The average Bonchev–Trinajstić information content (AvgIpc) is 2.20. The van der Waals surface area contributed by atoms with Crippen molar-refractivity contribution in [3.8, 4) is 0 Å². The van der Waals surface area contributed by atoms with Crippen molar-refractivity contribution in [1.82, 2.24) is 0 Å². The fourth-order valence-electron chi connectivity index (χ4n) is 0.783. The summed E-state index contributed by atoms with van der Waals surface area (Å²) in [4.78, 5) is 0. The molecule has 0 bridgehead atoms. The van der Waals surface area contributed by atoms with Crippen LogP contribution in [0.4, 0.5) is 0 Å². The number of ether oxygens (including phenoxy) is 1. The van der Waals surface area contributed by atoms with E-state index < -0.39 is 0 Å². The Labute approximate surface area is 73.8 Å². The summed E-state index contributed by atoms with van der Waals surface area (Å²) >= 11 is 0. The third-order valence-corrected chi connectivity index (χ3v) is 1.32. The van der Waals surface area contributed by atoms with Crippen LogP contribution in [0, 0.1) is 5.41 Å². The van der Waals surface area contributed by atoms with E-state index in [4.69, 9.17) is 10.1 Å². The molecule has 0 amide bonds. The zero-order valence-corrected chi connectivity index (χ0v) is 7.63. The van der Waals surface area contributed by atoms with E-state index in [1.54, 1.807) is 12.3 Å². The van der Waals surface area contributed by atoms with Gasteiger partial charge in [-0.15, -0.1) is 0 Å². The van der Waals surface area contributed by atoms with Crippen molar-refractivity contribution in [2.75, 3.05) is 0 Å². The number of allylic oxidation sites excluding steroid dienone is 4. The van der Waals surface area contributed by atoms with Gasteiger partial charge < -0.3 is 10.1 Å². The number of hydrogen-bond donors (Lipinski definition) is 1. The van der Waals surface area contributed by atoms with Crippen LogP contribution in [0.15, 0.2) is 36.3 Å². The van der Waals surface area contributed by atoms with Gasteiger partial charge in [0.25, 0.3) is 0 Å².